The quantitative estimate of drug-likeness (QED) is 0.793. The maximum atomic E-state index is 13.8. The second-order valence-corrected chi connectivity index (χ2v) is 5.09. The lowest BCUT2D eigenvalue weighted by Gasteiger charge is -2.03. The van der Waals surface area contributed by atoms with Crippen molar-refractivity contribution >= 4 is 28.8 Å². The molecule has 0 saturated carbocycles. The van der Waals surface area contributed by atoms with Crippen molar-refractivity contribution in [3.63, 3.8) is 0 Å². The normalized spacial score (nSPS) is 11.0. The van der Waals surface area contributed by atoms with Crippen LogP contribution in [-0.2, 0) is 0 Å². The maximum absolute atomic E-state index is 13.8. The Morgan fingerprint density at radius 2 is 1.86 bits per heavy atom. The Labute approximate surface area is 121 Å². The van der Waals surface area contributed by atoms with Crippen LogP contribution in [0.1, 0.15) is 10.4 Å². The first-order valence-electron chi connectivity index (χ1n) is 5.80. The number of oxazole rings is 1. The molecular weight excluding hydrogens is 300 g/mol. The molecule has 3 aromatic rings. The lowest BCUT2D eigenvalue weighted by Crippen LogP contribution is -2.00. The molecule has 0 bridgehead atoms. The topological polar surface area (TPSA) is 63.3 Å². The van der Waals surface area contributed by atoms with Crippen molar-refractivity contribution in [3.05, 3.63) is 53.6 Å². The van der Waals surface area contributed by atoms with Gasteiger partial charge in [0.05, 0.1) is 10.5 Å². The van der Waals surface area contributed by atoms with Crippen LogP contribution in [0.25, 0.3) is 11.1 Å². The Balaban J connectivity index is 1.99. The van der Waals surface area contributed by atoms with Gasteiger partial charge in [0.1, 0.15) is 17.2 Å². The third-order valence-electron chi connectivity index (χ3n) is 2.71. The van der Waals surface area contributed by atoms with Gasteiger partial charge in [0.25, 0.3) is 5.22 Å². The van der Waals surface area contributed by atoms with E-state index in [1.165, 1.54) is 0 Å². The van der Waals surface area contributed by atoms with Crippen LogP contribution >= 0.6 is 11.8 Å². The van der Waals surface area contributed by atoms with E-state index < -0.39 is 23.2 Å². The molecule has 1 aromatic heterocycles. The first-order valence-corrected chi connectivity index (χ1v) is 6.62. The Hall–Kier alpha value is -2.41. The lowest BCUT2D eigenvalue weighted by molar-refractivity contribution is 0.0695. The molecule has 21 heavy (non-hydrogen) atoms. The molecule has 0 atom stereocenters. The smallest absolute Gasteiger partial charge is 0.335 e. The number of hydrogen-bond acceptors (Lipinski definition) is 4. The zero-order valence-corrected chi connectivity index (χ0v) is 11.2. The van der Waals surface area contributed by atoms with Gasteiger partial charge in [-0.05, 0) is 36.0 Å². The summed E-state index contributed by atoms with van der Waals surface area (Å²) in [6.07, 6.45) is 0. The summed E-state index contributed by atoms with van der Waals surface area (Å²) >= 11 is 0.666. The van der Waals surface area contributed by atoms with E-state index in [-0.39, 0.29) is 10.1 Å². The molecule has 1 N–H and O–H groups in total. The van der Waals surface area contributed by atoms with Crippen LogP contribution in [0.3, 0.4) is 0 Å². The van der Waals surface area contributed by atoms with Gasteiger partial charge in [0.2, 0.25) is 0 Å². The van der Waals surface area contributed by atoms with E-state index in [2.05, 4.69) is 4.98 Å². The minimum Gasteiger partial charge on any atom is -0.478 e. The van der Waals surface area contributed by atoms with Crippen LogP contribution in [-0.4, -0.2) is 16.1 Å². The fourth-order valence-corrected chi connectivity index (χ4v) is 2.53. The number of aromatic carboxylic acids is 1. The first kappa shape index (κ1) is 13.6. The molecule has 7 heteroatoms. The summed E-state index contributed by atoms with van der Waals surface area (Å²) in [5.41, 5.74) is 0.623. The van der Waals surface area contributed by atoms with Gasteiger partial charge in [-0.15, -0.1) is 0 Å². The van der Waals surface area contributed by atoms with Gasteiger partial charge in [-0.3, -0.25) is 0 Å². The van der Waals surface area contributed by atoms with Crippen LogP contribution in [0.15, 0.2) is 50.9 Å². The molecule has 106 valence electrons. The fraction of sp³-hybridized carbons (Fsp3) is 0. The number of carbonyl (C=O) groups is 1. The molecule has 0 aliphatic heterocycles. The molecule has 4 nitrogen and oxygen atoms in total. The van der Waals surface area contributed by atoms with Gasteiger partial charge in [-0.2, -0.15) is 0 Å². The molecule has 0 fully saturated rings. The Morgan fingerprint density at radius 3 is 2.48 bits per heavy atom. The van der Waals surface area contributed by atoms with Crippen molar-refractivity contribution in [2.75, 3.05) is 0 Å². The van der Waals surface area contributed by atoms with Crippen molar-refractivity contribution in [1.29, 1.82) is 0 Å². The van der Waals surface area contributed by atoms with Gasteiger partial charge < -0.3 is 9.52 Å². The predicted octanol–water partition coefficient (Wildman–Crippen LogP) is 3.96. The molecule has 0 aliphatic carbocycles. The molecule has 0 unspecified atom stereocenters. The van der Waals surface area contributed by atoms with E-state index in [0.29, 0.717) is 22.9 Å². The number of halogens is 2. The lowest BCUT2D eigenvalue weighted by atomic mass is 10.2. The SMILES string of the molecule is O=C(O)c1cc(F)c(Sc2nc3ccccc3o2)c(F)c1. The average molecular weight is 307 g/mol. The van der Waals surface area contributed by atoms with Gasteiger partial charge in [-0.25, -0.2) is 18.6 Å². The highest BCUT2D eigenvalue weighted by Gasteiger charge is 2.18. The minimum absolute atomic E-state index is 0.0806. The van der Waals surface area contributed by atoms with Crippen LogP contribution in [0.5, 0.6) is 0 Å². The van der Waals surface area contributed by atoms with E-state index >= 15 is 0 Å². The van der Waals surface area contributed by atoms with Crippen LogP contribution in [0.2, 0.25) is 0 Å². The third-order valence-corrected chi connectivity index (χ3v) is 3.65. The van der Waals surface area contributed by atoms with Crippen molar-refractivity contribution < 1.29 is 23.1 Å². The second kappa shape index (κ2) is 5.17. The summed E-state index contributed by atoms with van der Waals surface area (Å²) < 4.78 is 33.0. The fourth-order valence-electron chi connectivity index (χ4n) is 1.76. The second-order valence-electron chi connectivity index (χ2n) is 4.12. The molecule has 3 rings (SSSR count). The molecule has 0 amide bonds. The summed E-state index contributed by atoms with van der Waals surface area (Å²) in [6, 6.07) is 8.44. The van der Waals surface area contributed by atoms with Gasteiger partial charge >= 0.3 is 5.97 Å². The van der Waals surface area contributed by atoms with E-state index in [1.807, 2.05) is 0 Å². The third kappa shape index (κ3) is 2.59. The number of aromatic nitrogens is 1. The summed E-state index contributed by atoms with van der Waals surface area (Å²) in [7, 11) is 0. The highest BCUT2D eigenvalue weighted by atomic mass is 32.2. The van der Waals surface area contributed by atoms with Gasteiger partial charge in [0, 0.05) is 0 Å². The largest absolute Gasteiger partial charge is 0.478 e. The molecule has 0 saturated heterocycles. The Kier molecular flexibility index (Phi) is 3.34. The number of carboxylic acids is 1. The van der Waals surface area contributed by atoms with Gasteiger partial charge in [0.15, 0.2) is 5.58 Å². The Bertz CT molecular complexity index is 791. The first-order chi connectivity index (χ1) is 10.0. The summed E-state index contributed by atoms with van der Waals surface area (Å²) in [5.74, 6) is -3.34. The molecule has 0 aliphatic rings. The number of carboxylic acid groups (broad SMARTS) is 1. The number of nitrogens with zero attached hydrogens (tertiary/aromatic N) is 1. The van der Waals surface area contributed by atoms with Crippen LogP contribution in [0.4, 0.5) is 8.78 Å². The zero-order valence-electron chi connectivity index (χ0n) is 10.3. The molecule has 0 radical (unpaired) electrons. The van der Waals surface area contributed by atoms with E-state index in [9.17, 15) is 13.6 Å². The van der Waals surface area contributed by atoms with E-state index in [0.717, 1.165) is 12.1 Å². The number of para-hydroxylation sites is 2. The number of rotatable bonds is 3. The summed E-state index contributed by atoms with van der Waals surface area (Å²) in [4.78, 5) is 14.5. The average Bonchev–Trinajstić information content (AvgIpc) is 2.85. The van der Waals surface area contributed by atoms with Crippen LogP contribution < -0.4 is 0 Å². The highest BCUT2D eigenvalue weighted by molar-refractivity contribution is 7.99. The van der Waals surface area contributed by atoms with Crippen molar-refractivity contribution in [3.8, 4) is 0 Å². The molecular formula is C14H7F2NO3S. The summed E-state index contributed by atoms with van der Waals surface area (Å²) in [5, 5.41) is 8.82. The minimum atomic E-state index is -1.40. The van der Waals surface area contributed by atoms with Crippen molar-refractivity contribution in [1.82, 2.24) is 4.98 Å². The zero-order chi connectivity index (χ0) is 15.0. The maximum Gasteiger partial charge on any atom is 0.335 e. The van der Waals surface area contributed by atoms with Crippen molar-refractivity contribution in [2.45, 2.75) is 10.1 Å². The Morgan fingerprint density at radius 1 is 1.19 bits per heavy atom. The standard InChI is InChI=1S/C14H7F2NO3S/c15-8-5-7(13(18)19)6-9(16)12(8)21-14-17-10-3-1-2-4-11(10)20-14/h1-6H,(H,18,19). The number of fused-ring (bicyclic) bond motifs is 1. The van der Waals surface area contributed by atoms with E-state index in [1.54, 1.807) is 24.3 Å². The monoisotopic (exact) mass is 307 g/mol. The number of hydrogen-bond donors (Lipinski definition) is 1. The number of benzene rings is 2. The van der Waals surface area contributed by atoms with E-state index in [4.69, 9.17) is 9.52 Å². The highest BCUT2D eigenvalue weighted by Crippen LogP contribution is 2.33. The summed E-state index contributed by atoms with van der Waals surface area (Å²) in [6.45, 7) is 0. The predicted molar refractivity (Wildman–Crippen MR) is 71.4 cm³/mol. The molecule has 2 aromatic carbocycles. The molecule has 1 heterocycles. The molecule has 0 spiro atoms. The van der Waals surface area contributed by atoms with Crippen LogP contribution in [0, 0.1) is 11.6 Å². The van der Waals surface area contributed by atoms with Gasteiger partial charge in [-0.1, -0.05) is 12.1 Å². The van der Waals surface area contributed by atoms with Crippen molar-refractivity contribution in [2.24, 2.45) is 0 Å².